The number of anilines is 1. The molecule has 1 saturated carbocycles. The lowest BCUT2D eigenvalue weighted by atomic mass is 9.88. The quantitative estimate of drug-likeness (QED) is 0.281. The summed E-state index contributed by atoms with van der Waals surface area (Å²) in [6.07, 6.45) is 13.0. The van der Waals surface area contributed by atoms with Crippen LogP contribution < -0.4 is 10.7 Å². The molecule has 0 spiro atoms. The number of benzene rings is 1. The van der Waals surface area contributed by atoms with Crippen molar-refractivity contribution in [2.75, 3.05) is 5.32 Å². The van der Waals surface area contributed by atoms with E-state index in [1.807, 2.05) is 31.2 Å². The van der Waals surface area contributed by atoms with E-state index in [2.05, 4.69) is 22.8 Å². The summed E-state index contributed by atoms with van der Waals surface area (Å²) in [5.41, 5.74) is 5.07. The molecule has 0 heterocycles. The molecule has 0 unspecified atom stereocenters. The molecule has 5 heteroatoms. The number of carbonyl (C=O) groups excluding carboxylic acids is 2. The van der Waals surface area contributed by atoms with E-state index in [4.69, 9.17) is 0 Å². The van der Waals surface area contributed by atoms with Gasteiger partial charge in [-0.2, -0.15) is 5.10 Å². The van der Waals surface area contributed by atoms with Crippen molar-refractivity contribution in [2.24, 2.45) is 11.0 Å². The second-order valence-corrected chi connectivity index (χ2v) is 8.15. The topological polar surface area (TPSA) is 70.6 Å². The van der Waals surface area contributed by atoms with Crippen LogP contribution in [0.4, 0.5) is 5.69 Å². The summed E-state index contributed by atoms with van der Waals surface area (Å²) in [4.78, 5) is 24.4. The highest BCUT2D eigenvalue weighted by atomic mass is 16.2. The summed E-state index contributed by atoms with van der Waals surface area (Å²) in [5, 5.41) is 7.28. The van der Waals surface area contributed by atoms with Crippen molar-refractivity contribution in [3.8, 4) is 0 Å². The minimum atomic E-state index is -0.0402. The van der Waals surface area contributed by atoms with E-state index in [1.54, 1.807) is 0 Å². The summed E-state index contributed by atoms with van der Waals surface area (Å²) >= 11 is 0. The van der Waals surface area contributed by atoms with Crippen LogP contribution in [0, 0.1) is 5.92 Å². The Kier molecular flexibility index (Phi) is 10.5. The zero-order valence-electron chi connectivity index (χ0n) is 18.1. The molecule has 1 aliphatic rings. The smallest absolute Gasteiger partial charge is 0.240 e. The molecule has 0 aromatic heterocycles. The SMILES string of the molecule is CCCCCCCCC(=O)N/N=C(/C)c1cccc(NC(=O)C2CCCCC2)c1. The first-order chi connectivity index (χ1) is 14.1. The molecule has 5 nitrogen and oxygen atoms in total. The van der Waals surface area contributed by atoms with Crippen molar-refractivity contribution in [3.63, 3.8) is 0 Å². The molecule has 2 amide bonds. The largest absolute Gasteiger partial charge is 0.326 e. The molecule has 160 valence electrons. The van der Waals surface area contributed by atoms with Crippen LogP contribution in [0.25, 0.3) is 0 Å². The molecule has 1 aromatic rings. The lowest BCUT2D eigenvalue weighted by molar-refractivity contribution is -0.121. The maximum atomic E-state index is 12.4. The molecule has 0 saturated heterocycles. The zero-order valence-corrected chi connectivity index (χ0v) is 18.1. The predicted molar refractivity (Wildman–Crippen MR) is 120 cm³/mol. The van der Waals surface area contributed by atoms with Crippen LogP contribution in [0.5, 0.6) is 0 Å². The van der Waals surface area contributed by atoms with Crippen LogP contribution in [-0.4, -0.2) is 17.5 Å². The Bertz CT molecular complexity index is 678. The first-order valence-electron chi connectivity index (χ1n) is 11.3. The second kappa shape index (κ2) is 13.1. The van der Waals surface area contributed by atoms with Gasteiger partial charge in [-0.25, -0.2) is 5.43 Å². The Hall–Kier alpha value is -2.17. The van der Waals surface area contributed by atoms with Gasteiger partial charge in [-0.05, 0) is 43.9 Å². The van der Waals surface area contributed by atoms with Gasteiger partial charge in [0.25, 0.3) is 0 Å². The van der Waals surface area contributed by atoms with Crippen molar-refractivity contribution >= 4 is 23.2 Å². The number of amides is 2. The van der Waals surface area contributed by atoms with Crippen molar-refractivity contribution in [1.82, 2.24) is 5.43 Å². The van der Waals surface area contributed by atoms with E-state index in [0.29, 0.717) is 6.42 Å². The molecule has 0 bridgehead atoms. The van der Waals surface area contributed by atoms with E-state index >= 15 is 0 Å². The highest BCUT2D eigenvalue weighted by Gasteiger charge is 2.21. The van der Waals surface area contributed by atoms with Gasteiger partial charge in [-0.1, -0.05) is 70.4 Å². The monoisotopic (exact) mass is 399 g/mol. The molecule has 0 aliphatic heterocycles. The fraction of sp³-hybridized carbons (Fsp3) is 0.625. The van der Waals surface area contributed by atoms with E-state index in [0.717, 1.165) is 55.5 Å². The fourth-order valence-electron chi connectivity index (χ4n) is 3.76. The van der Waals surface area contributed by atoms with Gasteiger partial charge in [0.05, 0.1) is 5.71 Å². The number of hydrogen-bond acceptors (Lipinski definition) is 3. The van der Waals surface area contributed by atoms with Crippen molar-refractivity contribution in [2.45, 2.75) is 90.9 Å². The average molecular weight is 400 g/mol. The third kappa shape index (κ3) is 8.80. The number of carbonyl (C=O) groups is 2. The van der Waals surface area contributed by atoms with Gasteiger partial charge < -0.3 is 5.32 Å². The number of nitrogens with zero attached hydrogens (tertiary/aromatic N) is 1. The molecule has 0 radical (unpaired) electrons. The first-order valence-corrected chi connectivity index (χ1v) is 11.3. The van der Waals surface area contributed by atoms with E-state index in [1.165, 1.54) is 32.1 Å². The maximum absolute atomic E-state index is 12.4. The number of nitrogens with one attached hydrogen (secondary N) is 2. The molecule has 2 rings (SSSR count). The predicted octanol–water partition coefficient (Wildman–Crippen LogP) is 5.80. The normalized spacial score (nSPS) is 15.2. The van der Waals surface area contributed by atoms with Gasteiger partial charge in [-0.15, -0.1) is 0 Å². The Morgan fingerprint density at radius 3 is 2.52 bits per heavy atom. The van der Waals surface area contributed by atoms with Gasteiger partial charge in [0.2, 0.25) is 11.8 Å². The van der Waals surface area contributed by atoms with Crippen LogP contribution in [0.3, 0.4) is 0 Å². The molecular weight excluding hydrogens is 362 g/mol. The van der Waals surface area contributed by atoms with Gasteiger partial charge in [-0.3, -0.25) is 9.59 Å². The van der Waals surface area contributed by atoms with E-state index < -0.39 is 0 Å². The Balaban J connectivity index is 1.79. The molecule has 1 aliphatic carbocycles. The van der Waals surface area contributed by atoms with Gasteiger partial charge in [0.15, 0.2) is 0 Å². The van der Waals surface area contributed by atoms with Gasteiger partial charge >= 0.3 is 0 Å². The summed E-state index contributed by atoms with van der Waals surface area (Å²) < 4.78 is 0. The van der Waals surface area contributed by atoms with Crippen molar-refractivity contribution in [1.29, 1.82) is 0 Å². The number of unbranched alkanes of at least 4 members (excludes halogenated alkanes) is 5. The number of hydrogen-bond donors (Lipinski definition) is 2. The standard InChI is InChI=1S/C24H37N3O2/c1-3-4-5-6-7-11-17-23(28)27-26-19(2)21-15-12-16-22(18-21)25-24(29)20-13-9-8-10-14-20/h12,15-16,18,20H,3-11,13-14,17H2,1-2H3,(H,25,29)(H,27,28)/b26-19-. The third-order valence-electron chi connectivity index (χ3n) is 5.63. The number of rotatable bonds is 11. The van der Waals surface area contributed by atoms with Crippen LogP contribution in [-0.2, 0) is 9.59 Å². The fourth-order valence-corrected chi connectivity index (χ4v) is 3.76. The number of hydrazone groups is 1. The van der Waals surface area contributed by atoms with Crippen molar-refractivity contribution < 1.29 is 9.59 Å². The minimum Gasteiger partial charge on any atom is -0.326 e. The molecule has 1 aromatic carbocycles. The Morgan fingerprint density at radius 1 is 1.03 bits per heavy atom. The summed E-state index contributed by atoms with van der Waals surface area (Å²) in [6.45, 7) is 4.07. The lowest BCUT2D eigenvalue weighted by Gasteiger charge is -2.20. The highest BCUT2D eigenvalue weighted by Crippen LogP contribution is 2.25. The molecule has 1 fully saturated rings. The van der Waals surface area contributed by atoms with Crippen LogP contribution in [0.15, 0.2) is 29.4 Å². The van der Waals surface area contributed by atoms with Crippen molar-refractivity contribution in [3.05, 3.63) is 29.8 Å². The molecular formula is C24H37N3O2. The Morgan fingerprint density at radius 2 is 1.76 bits per heavy atom. The molecule has 29 heavy (non-hydrogen) atoms. The highest BCUT2D eigenvalue weighted by molar-refractivity contribution is 6.01. The van der Waals surface area contributed by atoms with Crippen LogP contribution in [0.1, 0.15) is 96.5 Å². The second-order valence-electron chi connectivity index (χ2n) is 8.15. The van der Waals surface area contributed by atoms with Gasteiger partial charge in [0.1, 0.15) is 0 Å². The maximum Gasteiger partial charge on any atom is 0.240 e. The van der Waals surface area contributed by atoms with E-state index in [-0.39, 0.29) is 17.7 Å². The van der Waals surface area contributed by atoms with Crippen LogP contribution >= 0.6 is 0 Å². The average Bonchev–Trinajstić information content (AvgIpc) is 2.75. The minimum absolute atomic E-state index is 0.0402. The molecule has 2 N–H and O–H groups in total. The first kappa shape index (κ1) is 23.1. The summed E-state index contributed by atoms with van der Waals surface area (Å²) in [5.74, 6) is 0.203. The zero-order chi connectivity index (χ0) is 20.9. The summed E-state index contributed by atoms with van der Waals surface area (Å²) in [7, 11) is 0. The van der Waals surface area contributed by atoms with E-state index in [9.17, 15) is 9.59 Å². The van der Waals surface area contributed by atoms with Crippen LogP contribution in [0.2, 0.25) is 0 Å². The lowest BCUT2D eigenvalue weighted by Crippen LogP contribution is -2.24. The van der Waals surface area contributed by atoms with Gasteiger partial charge in [0, 0.05) is 18.0 Å². The third-order valence-corrected chi connectivity index (χ3v) is 5.63. The Labute approximate surface area is 175 Å². The summed E-state index contributed by atoms with van der Waals surface area (Å²) in [6, 6.07) is 7.66. The molecule has 0 atom stereocenters.